The fraction of sp³-hybridized carbons (Fsp3) is 0.826. The first-order chi connectivity index (χ1) is 38.8. The van der Waals surface area contributed by atoms with E-state index in [1.807, 2.05) is 0 Å². The zero-order chi connectivity index (χ0) is 57.3. The lowest BCUT2D eigenvalue weighted by atomic mass is 10.0. The predicted octanol–water partition coefficient (Wildman–Crippen LogP) is 21.9. The molecule has 0 fully saturated rings. The van der Waals surface area contributed by atoms with Crippen molar-refractivity contribution in [2.45, 2.75) is 341 Å². The van der Waals surface area contributed by atoms with Crippen LogP contribution in [0.25, 0.3) is 0 Å². The van der Waals surface area contributed by atoms with Crippen molar-refractivity contribution in [2.75, 3.05) is 26.4 Å². The van der Waals surface area contributed by atoms with Gasteiger partial charge in [-0.1, -0.05) is 306 Å². The summed E-state index contributed by atoms with van der Waals surface area (Å²) in [5, 5.41) is 0. The Kier molecular flexibility index (Phi) is 63.0. The van der Waals surface area contributed by atoms with Crippen molar-refractivity contribution >= 4 is 19.8 Å². The molecule has 10 heteroatoms. The van der Waals surface area contributed by atoms with Gasteiger partial charge < -0.3 is 20.1 Å². The van der Waals surface area contributed by atoms with E-state index in [0.29, 0.717) is 6.42 Å². The molecule has 0 amide bonds. The average molecular weight is 1130 g/mol. The monoisotopic (exact) mass is 1130 g/mol. The number of nitrogens with two attached hydrogens (primary N) is 1. The summed E-state index contributed by atoms with van der Waals surface area (Å²) in [7, 11) is -4.39. The second-order valence-electron chi connectivity index (χ2n) is 22.7. The Bertz CT molecular complexity index is 1480. The van der Waals surface area contributed by atoms with Crippen LogP contribution in [0.2, 0.25) is 0 Å². The molecule has 79 heavy (non-hydrogen) atoms. The number of phosphoric acid groups is 1. The third-order valence-corrected chi connectivity index (χ3v) is 15.9. The van der Waals surface area contributed by atoms with E-state index in [4.69, 9.17) is 24.3 Å². The summed E-state index contributed by atoms with van der Waals surface area (Å²) in [6.07, 6.45) is 83.1. The van der Waals surface area contributed by atoms with Gasteiger partial charge in [-0.2, -0.15) is 0 Å². The molecule has 462 valence electrons. The number of phosphoric ester groups is 1. The lowest BCUT2D eigenvalue weighted by molar-refractivity contribution is -0.161. The molecule has 2 atom stereocenters. The summed E-state index contributed by atoms with van der Waals surface area (Å²) < 4.78 is 33.2. The molecule has 0 aliphatic heterocycles. The van der Waals surface area contributed by atoms with Crippen molar-refractivity contribution in [3.8, 4) is 0 Å². The number of hydrogen-bond acceptors (Lipinski definition) is 8. The Morgan fingerprint density at radius 3 is 1.05 bits per heavy atom. The molecule has 0 radical (unpaired) electrons. The van der Waals surface area contributed by atoms with Gasteiger partial charge in [0.25, 0.3) is 0 Å². The number of ether oxygens (including phenoxy) is 2. The normalized spacial score (nSPS) is 13.3. The molecule has 0 aliphatic carbocycles. The average Bonchev–Trinajstić information content (AvgIpc) is 3.44. The zero-order valence-electron chi connectivity index (χ0n) is 51.9. The van der Waals surface area contributed by atoms with Crippen LogP contribution in [0.3, 0.4) is 0 Å². The largest absolute Gasteiger partial charge is 0.472 e. The van der Waals surface area contributed by atoms with E-state index in [2.05, 4.69) is 74.6 Å². The molecular formula is C69H128NO8P. The second kappa shape index (κ2) is 64.9. The van der Waals surface area contributed by atoms with Gasteiger partial charge in [-0.15, -0.1) is 0 Å². The molecule has 0 saturated heterocycles. The van der Waals surface area contributed by atoms with E-state index in [9.17, 15) is 19.0 Å². The van der Waals surface area contributed by atoms with Gasteiger partial charge in [-0.25, -0.2) is 4.57 Å². The molecule has 3 N–H and O–H groups in total. The van der Waals surface area contributed by atoms with Gasteiger partial charge >= 0.3 is 19.8 Å². The minimum Gasteiger partial charge on any atom is -0.462 e. The van der Waals surface area contributed by atoms with Gasteiger partial charge in [-0.3, -0.25) is 18.6 Å². The number of hydrogen-bond donors (Lipinski definition) is 2. The van der Waals surface area contributed by atoms with Crippen molar-refractivity contribution in [1.82, 2.24) is 0 Å². The smallest absolute Gasteiger partial charge is 0.462 e. The standard InChI is InChI=1S/C69H128NO8P/c1-3-5-7-9-11-13-15-17-19-21-23-25-27-29-31-32-33-34-36-37-39-41-43-45-47-49-51-53-55-57-59-61-68(71)75-65-67(66-77-79(73,74)76-64-63-70)78-69(72)62-60-58-56-54-52-50-48-46-44-42-40-38-35-30-28-26-24-22-20-18-16-14-12-10-8-6-4-2/h6,8,12,14,18,20-21,23-24,26,67H,3-5,7,9-11,13,15-17,19,22,25,27-66,70H2,1-2H3,(H,73,74)/b8-6-,14-12-,20-18-,23-21-,26-24-. The van der Waals surface area contributed by atoms with Crippen LogP contribution in [-0.4, -0.2) is 49.3 Å². The topological polar surface area (TPSA) is 134 Å². The number of carbonyl (C=O) groups is 2. The highest BCUT2D eigenvalue weighted by Gasteiger charge is 2.26. The van der Waals surface area contributed by atoms with Gasteiger partial charge in [0.2, 0.25) is 0 Å². The molecule has 0 spiro atoms. The van der Waals surface area contributed by atoms with Crippen molar-refractivity contribution in [3.63, 3.8) is 0 Å². The van der Waals surface area contributed by atoms with Gasteiger partial charge in [-0.05, 0) is 77.0 Å². The van der Waals surface area contributed by atoms with Crippen molar-refractivity contribution in [3.05, 3.63) is 60.8 Å². The summed E-state index contributed by atoms with van der Waals surface area (Å²) in [4.78, 5) is 35.3. The van der Waals surface area contributed by atoms with Crippen molar-refractivity contribution < 1.29 is 37.6 Å². The molecule has 9 nitrogen and oxygen atoms in total. The van der Waals surface area contributed by atoms with Crippen LogP contribution in [-0.2, 0) is 32.7 Å². The molecule has 0 aromatic heterocycles. The van der Waals surface area contributed by atoms with Crippen LogP contribution in [0, 0.1) is 0 Å². The van der Waals surface area contributed by atoms with E-state index < -0.39 is 26.5 Å². The highest BCUT2D eigenvalue weighted by atomic mass is 31.2. The van der Waals surface area contributed by atoms with E-state index in [1.165, 1.54) is 238 Å². The summed E-state index contributed by atoms with van der Waals surface area (Å²) in [5.74, 6) is -0.813. The Hall–Kier alpha value is -2.29. The second-order valence-corrected chi connectivity index (χ2v) is 24.1. The SMILES string of the molecule is CC/C=C\C/C=C\C/C=C\C/C=C\CCCCCCCCCCCCCCCCC(=O)OC(COC(=O)CCCCCCCCCCCCCCCCCCCCC/C=C\CCCCCCCCCC)COP(=O)(O)OCCN. The van der Waals surface area contributed by atoms with Crippen LogP contribution in [0.4, 0.5) is 0 Å². The van der Waals surface area contributed by atoms with Crippen molar-refractivity contribution in [1.29, 1.82) is 0 Å². The molecule has 0 rings (SSSR count). The number of carbonyl (C=O) groups excluding carboxylic acids is 2. The van der Waals surface area contributed by atoms with Gasteiger partial charge in [0.05, 0.1) is 13.2 Å². The molecule has 0 heterocycles. The number of rotatable bonds is 64. The third kappa shape index (κ3) is 64.7. The van der Waals surface area contributed by atoms with E-state index in [-0.39, 0.29) is 38.6 Å². The van der Waals surface area contributed by atoms with Gasteiger partial charge in [0.1, 0.15) is 6.61 Å². The lowest BCUT2D eigenvalue weighted by Crippen LogP contribution is -2.29. The first kappa shape index (κ1) is 76.7. The van der Waals surface area contributed by atoms with Gasteiger partial charge in [0, 0.05) is 19.4 Å². The van der Waals surface area contributed by atoms with Crippen LogP contribution in [0.15, 0.2) is 60.8 Å². The van der Waals surface area contributed by atoms with Crippen molar-refractivity contribution in [2.24, 2.45) is 5.73 Å². The maximum atomic E-state index is 12.7. The summed E-state index contributed by atoms with van der Waals surface area (Å²) in [6, 6.07) is 0. The highest BCUT2D eigenvalue weighted by molar-refractivity contribution is 7.47. The summed E-state index contributed by atoms with van der Waals surface area (Å²) >= 11 is 0. The lowest BCUT2D eigenvalue weighted by Gasteiger charge is -2.19. The quantitative estimate of drug-likeness (QED) is 0.0264. The van der Waals surface area contributed by atoms with E-state index >= 15 is 0 Å². The van der Waals surface area contributed by atoms with Crippen LogP contribution in [0.1, 0.15) is 335 Å². The first-order valence-electron chi connectivity index (χ1n) is 33.8. The van der Waals surface area contributed by atoms with Crippen LogP contribution >= 0.6 is 7.82 Å². The zero-order valence-corrected chi connectivity index (χ0v) is 52.8. The number of unbranched alkanes of at least 4 members (excludes halogenated alkanes) is 41. The van der Waals surface area contributed by atoms with E-state index in [1.54, 1.807) is 0 Å². The third-order valence-electron chi connectivity index (χ3n) is 14.9. The Morgan fingerprint density at radius 2 is 0.696 bits per heavy atom. The molecule has 0 aromatic rings. The fourth-order valence-electron chi connectivity index (χ4n) is 9.92. The molecule has 0 aromatic carbocycles. The summed E-state index contributed by atoms with van der Waals surface area (Å²) in [6.45, 7) is 3.68. The first-order valence-corrected chi connectivity index (χ1v) is 35.3. The molecule has 0 aliphatic rings. The fourth-order valence-corrected chi connectivity index (χ4v) is 10.7. The Balaban J connectivity index is 3.85. The number of allylic oxidation sites excluding steroid dienone is 10. The molecule has 0 saturated carbocycles. The molecular weight excluding hydrogens is 1000 g/mol. The Morgan fingerprint density at radius 1 is 0.392 bits per heavy atom. The predicted molar refractivity (Wildman–Crippen MR) is 340 cm³/mol. The number of esters is 2. The maximum absolute atomic E-state index is 12.7. The van der Waals surface area contributed by atoms with Gasteiger partial charge in [0.15, 0.2) is 6.10 Å². The highest BCUT2D eigenvalue weighted by Crippen LogP contribution is 2.43. The summed E-state index contributed by atoms with van der Waals surface area (Å²) in [5.41, 5.74) is 5.40. The maximum Gasteiger partial charge on any atom is 0.472 e. The molecule has 2 unspecified atom stereocenters. The van der Waals surface area contributed by atoms with E-state index in [0.717, 1.165) is 64.2 Å². The molecule has 0 bridgehead atoms. The van der Waals surface area contributed by atoms with Crippen LogP contribution < -0.4 is 5.73 Å². The minimum absolute atomic E-state index is 0.0536. The van der Waals surface area contributed by atoms with Crippen LogP contribution in [0.5, 0.6) is 0 Å². The Labute approximate surface area is 489 Å². The minimum atomic E-state index is -4.39.